The van der Waals surface area contributed by atoms with Crippen molar-refractivity contribution in [1.29, 1.82) is 0 Å². The first-order chi connectivity index (χ1) is 6.63. The Kier molecular flexibility index (Phi) is 3.73. The lowest BCUT2D eigenvalue weighted by Crippen LogP contribution is -2.24. The van der Waals surface area contributed by atoms with Gasteiger partial charge in [-0.3, -0.25) is 9.59 Å². The summed E-state index contributed by atoms with van der Waals surface area (Å²) in [4.78, 5) is 26.5. The van der Waals surface area contributed by atoms with E-state index in [9.17, 15) is 9.59 Å². The second-order valence-electron chi connectivity index (χ2n) is 2.66. The molecule has 1 heterocycles. The first-order valence-corrected chi connectivity index (χ1v) is 4.86. The second kappa shape index (κ2) is 4.83. The zero-order valence-electron chi connectivity index (χ0n) is 7.96. The number of carbonyl (C=O) groups excluding carboxylic acids is 2. The quantitative estimate of drug-likeness (QED) is 0.715. The molecular formula is C8H11N3O2S. The Morgan fingerprint density at radius 3 is 2.79 bits per heavy atom. The number of rotatable bonds is 4. The molecule has 0 fully saturated rings. The number of hydrogen-bond donors (Lipinski definition) is 2. The Labute approximate surface area is 85.5 Å². The van der Waals surface area contributed by atoms with Gasteiger partial charge < -0.3 is 10.6 Å². The molecule has 1 amide bonds. The van der Waals surface area contributed by atoms with Crippen LogP contribution in [0.3, 0.4) is 0 Å². The summed E-state index contributed by atoms with van der Waals surface area (Å²) in [6.07, 6.45) is 1.46. The lowest BCUT2D eigenvalue weighted by molar-refractivity contribution is -0.115. The Balaban J connectivity index is 2.59. The second-order valence-corrected chi connectivity index (χ2v) is 3.70. The van der Waals surface area contributed by atoms with Crippen molar-refractivity contribution in [3.8, 4) is 0 Å². The summed E-state index contributed by atoms with van der Waals surface area (Å²) >= 11 is 1.17. The van der Waals surface area contributed by atoms with Crippen LogP contribution in [-0.4, -0.2) is 30.3 Å². The van der Waals surface area contributed by atoms with Crippen LogP contribution in [0.5, 0.6) is 0 Å². The minimum atomic E-state index is -0.169. The largest absolute Gasteiger partial charge is 0.311 e. The van der Waals surface area contributed by atoms with Gasteiger partial charge in [-0.15, -0.1) is 0 Å². The lowest BCUT2D eigenvalue weighted by Gasteiger charge is -1.98. The maximum atomic E-state index is 11.1. The number of Topliss-reactive ketones (excluding diaryl/α,β-unsaturated/α-hetero) is 1. The third-order valence-electron chi connectivity index (χ3n) is 1.44. The van der Waals surface area contributed by atoms with Crippen LogP contribution in [0.4, 0.5) is 5.13 Å². The maximum Gasteiger partial charge on any atom is 0.240 e. The summed E-state index contributed by atoms with van der Waals surface area (Å²) in [6.45, 7) is 1.70. The van der Waals surface area contributed by atoms with Crippen molar-refractivity contribution in [2.24, 2.45) is 0 Å². The fourth-order valence-corrected chi connectivity index (χ4v) is 1.55. The fraction of sp³-hybridized carbons (Fsp3) is 0.375. The van der Waals surface area contributed by atoms with Gasteiger partial charge in [0.1, 0.15) is 0 Å². The normalized spacial score (nSPS) is 9.86. The third kappa shape index (κ3) is 2.90. The number of amides is 1. The molecule has 1 rings (SSSR count). The van der Waals surface area contributed by atoms with Crippen molar-refractivity contribution in [1.82, 2.24) is 10.3 Å². The number of thiazole rings is 1. The predicted molar refractivity (Wildman–Crippen MR) is 54.7 cm³/mol. The molecule has 6 heteroatoms. The number of likely N-dealkylation sites (N-methyl/N-ethyl adjacent to an activating group) is 1. The number of aromatic nitrogens is 1. The highest BCUT2D eigenvalue weighted by Gasteiger charge is 2.07. The summed E-state index contributed by atoms with van der Waals surface area (Å²) in [7, 11) is 1.68. The van der Waals surface area contributed by atoms with Gasteiger partial charge in [-0.25, -0.2) is 4.98 Å². The van der Waals surface area contributed by atoms with E-state index in [1.165, 1.54) is 24.5 Å². The topological polar surface area (TPSA) is 71.1 Å². The van der Waals surface area contributed by atoms with Crippen LogP contribution in [0.15, 0.2) is 6.20 Å². The molecule has 0 radical (unpaired) electrons. The molecule has 0 saturated carbocycles. The van der Waals surface area contributed by atoms with Crippen molar-refractivity contribution in [3.05, 3.63) is 11.1 Å². The van der Waals surface area contributed by atoms with Crippen LogP contribution in [0.2, 0.25) is 0 Å². The Hall–Kier alpha value is -1.27. The average Bonchev–Trinajstić information content (AvgIpc) is 2.53. The van der Waals surface area contributed by atoms with Gasteiger partial charge in [0.15, 0.2) is 10.9 Å². The van der Waals surface area contributed by atoms with Crippen LogP contribution in [0.25, 0.3) is 0 Å². The van der Waals surface area contributed by atoms with Crippen molar-refractivity contribution >= 4 is 28.2 Å². The molecule has 0 aromatic carbocycles. The van der Waals surface area contributed by atoms with Crippen molar-refractivity contribution in [2.75, 3.05) is 18.9 Å². The van der Waals surface area contributed by atoms with Crippen LogP contribution >= 0.6 is 11.3 Å². The Morgan fingerprint density at radius 1 is 1.57 bits per heavy atom. The number of nitrogens with one attached hydrogen (secondary N) is 2. The molecule has 0 aliphatic rings. The molecule has 0 bridgehead atoms. The van der Waals surface area contributed by atoms with E-state index in [-0.39, 0.29) is 18.2 Å². The molecule has 1 aromatic heterocycles. The smallest absolute Gasteiger partial charge is 0.240 e. The first kappa shape index (κ1) is 10.8. The van der Waals surface area contributed by atoms with Gasteiger partial charge >= 0.3 is 0 Å². The SMILES string of the molecule is CNCC(=O)Nc1ncc(C(C)=O)s1. The molecule has 76 valence electrons. The van der Waals surface area contributed by atoms with E-state index < -0.39 is 0 Å². The van der Waals surface area contributed by atoms with E-state index in [0.29, 0.717) is 10.0 Å². The maximum absolute atomic E-state index is 11.1. The van der Waals surface area contributed by atoms with Crippen LogP contribution in [0, 0.1) is 0 Å². The minimum absolute atomic E-state index is 0.0448. The molecule has 0 aliphatic carbocycles. The minimum Gasteiger partial charge on any atom is -0.311 e. The van der Waals surface area contributed by atoms with Crippen LogP contribution in [0.1, 0.15) is 16.6 Å². The van der Waals surface area contributed by atoms with Crippen LogP contribution < -0.4 is 10.6 Å². The Bertz CT molecular complexity index is 348. The van der Waals surface area contributed by atoms with Gasteiger partial charge in [0, 0.05) is 6.92 Å². The van der Waals surface area contributed by atoms with Gasteiger partial charge in [0.2, 0.25) is 5.91 Å². The summed E-state index contributed by atoms with van der Waals surface area (Å²) in [5, 5.41) is 5.74. The lowest BCUT2D eigenvalue weighted by atomic mass is 10.4. The van der Waals surface area contributed by atoms with E-state index in [0.717, 1.165) is 0 Å². The average molecular weight is 213 g/mol. The summed E-state index contributed by atoms with van der Waals surface area (Å²) < 4.78 is 0. The molecule has 0 spiro atoms. The van der Waals surface area contributed by atoms with Gasteiger partial charge in [-0.2, -0.15) is 0 Å². The molecule has 0 saturated heterocycles. The molecule has 0 atom stereocenters. The van der Waals surface area contributed by atoms with Gasteiger partial charge in [-0.05, 0) is 7.05 Å². The van der Waals surface area contributed by atoms with Gasteiger partial charge in [-0.1, -0.05) is 11.3 Å². The standard InChI is InChI=1S/C8H11N3O2S/c1-5(12)6-3-10-8(14-6)11-7(13)4-9-2/h3,9H,4H2,1-2H3,(H,10,11,13). The van der Waals surface area contributed by atoms with E-state index in [1.807, 2.05) is 0 Å². The fourth-order valence-electron chi connectivity index (χ4n) is 0.819. The van der Waals surface area contributed by atoms with Crippen molar-refractivity contribution in [2.45, 2.75) is 6.92 Å². The number of anilines is 1. The van der Waals surface area contributed by atoms with Crippen molar-refractivity contribution in [3.63, 3.8) is 0 Å². The molecule has 1 aromatic rings. The molecule has 5 nitrogen and oxygen atoms in total. The summed E-state index contributed by atoms with van der Waals surface area (Å²) in [5.74, 6) is -0.214. The zero-order valence-corrected chi connectivity index (χ0v) is 8.77. The number of hydrogen-bond acceptors (Lipinski definition) is 5. The molecule has 0 aliphatic heterocycles. The van der Waals surface area contributed by atoms with Gasteiger partial charge in [0.25, 0.3) is 0 Å². The molecule has 0 unspecified atom stereocenters. The summed E-state index contributed by atoms with van der Waals surface area (Å²) in [6, 6.07) is 0. The third-order valence-corrected chi connectivity index (χ3v) is 2.45. The van der Waals surface area contributed by atoms with E-state index in [1.54, 1.807) is 7.05 Å². The highest BCUT2D eigenvalue weighted by atomic mass is 32.1. The highest BCUT2D eigenvalue weighted by molar-refractivity contribution is 7.17. The van der Waals surface area contributed by atoms with E-state index in [2.05, 4.69) is 15.6 Å². The Morgan fingerprint density at radius 2 is 2.29 bits per heavy atom. The van der Waals surface area contributed by atoms with E-state index in [4.69, 9.17) is 0 Å². The first-order valence-electron chi connectivity index (χ1n) is 4.04. The molecule has 14 heavy (non-hydrogen) atoms. The number of ketones is 1. The van der Waals surface area contributed by atoms with Gasteiger partial charge in [0.05, 0.1) is 17.6 Å². The summed E-state index contributed by atoms with van der Waals surface area (Å²) in [5.41, 5.74) is 0. The van der Waals surface area contributed by atoms with E-state index >= 15 is 0 Å². The zero-order chi connectivity index (χ0) is 10.6. The van der Waals surface area contributed by atoms with Crippen molar-refractivity contribution < 1.29 is 9.59 Å². The number of carbonyl (C=O) groups is 2. The molecule has 2 N–H and O–H groups in total. The van der Waals surface area contributed by atoms with Crippen LogP contribution in [-0.2, 0) is 4.79 Å². The molecular weight excluding hydrogens is 202 g/mol. The monoisotopic (exact) mass is 213 g/mol. The number of nitrogens with zero attached hydrogens (tertiary/aromatic N) is 1. The predicted octanol–water partition coefficient (Wildman–Crippen LogP) is 0.504. The highest BCUT2D eigenvalue weighted by Crippen LogP contribution is 2.17.